The molecule has 6 nitrogen and oxygen atoms in total. The summed E-state index contributed by atoms with van der Waals surface area (Å²) in [4.78, 5) is 36.6. The smallest absolute Gasteiger partial charge is 0.408 e. The van der Waals surface area contributed by atoms with E-state index in [0.717, 1.165) is 5.56 Å². The Labute approximate surface area is 148 Å². The number of alkyl carbamates (subject to hydrolysis) is 1. The Bertz CT molecular complexity index is 616. The van der Waals surface area contributed by atoms with Gasteiger partial charge in [0.1, 0.15) is 17.6 Å². The fraction of sp³-hybridized carbons (Fsp3) is 0.526. The predicted octanol–water partition coefficient (Wildman–Crippen LogP) is 3.24. The van der Waals surface area contributed by atoms with Crippen molar-refractivity contribution < 1.29 is 23.9 Å². The van der Waals surface area contributed by atoms with E-state index in [1.54, 1.807) is 20.8 Å². The quantitative estimate of drug-likeness (QED) is 0.630. The first-order valence-corrected chi connectivity index (χ1v) is 8.18. The summed E-state index contributed by atoms with van der Waals surface area (Å²) in [5, 5.41) is 2.45. The number of benzene rings is 1. The van der Waals surface area contributed by atoms with Crippen LogP contribution in [0, 0.1) is 5.41 Å². The van der Waals surface area contributed by atoms with Crippen LogP contribution in [-0.4, -0.2) is 29.5 Å². The molecule has 0 fully saturated rings. The number of carbonyl (C=O) groups excluding carboxylic acids is 3. The lowest BCUT2D eigenvalue weighted by Gasteiger charge is -2.26. The van der Waals surface area contributed by atoms with Gasteiger partial charge in [-0.1, -0.05) is 30.3 Å². The maximum atomic E-state index is 12.5. The first-order valence-electron chi connectivity index (χ1n) is 8.18. The molecule has 0 spiro atoms. The molecule has 25 heavy (non-hydrogen) atoms. The van der Waals surface area contributed by atoms with Crippen LogP contribution in [0.1, 0.15) is 47.1 Å². The van der Waals surface area contributed by atoms with Crippen LogP contribution in [0.3, 0.4) is 0 Å². The van der Waals surface area contributed by atoms with Gasteiger partial charge in [-0.2, -0.15) is 0 Å². The van der Waals surface area contributed by atoms with Gasteiger partial charge >= 0.3 is 12.1 Å². The normalized spacial score (nSPS) is 12.9. The highest BCUT2D eigenvalue weighted by Gasteiger charge is 2.40. The van der Waals surface area contributed by atoms with Gasteiger partial charge in [-0.3, -0.25) is 9.59 Å². The Balaban J connectivity index is 2.64. The number of hydrogen-bond donors (Lipinski definition) is 1. The van der Waals surface area contributed by atoms with Gasteiger partial charge in [0.15, 0.2) is 5.78 Å². The maximum absolute atomic E-state index is 12.5. The van der Waals surface area contributed by atoms with Gasteiger partial charge in [0, 0.05) is 0 Å². The topological polar surface area (TPSA) is 81.7 Å². The van der Waals surface area contributed by atoms with E-state index < -0.39 is 34.9 Å². The minimum Gasteiger partial charge on any atom is -0.460 e. The molecule has 0 saturated heterocycles. The van der Waals surface area contributed by atoms with Gasteiger partial charge in [0.25, 0.3) is 0 Å². The molecule has 0 radical (unpaired) electrons. The molecule has 0 aliphatic rings. The molecule has 0 bridgehead atoms. The summed E-state index contributed by atoms with van der Waals surface area (Å²) in [6.07, 6.45) is -0.707. The molecule has 1 aromatic carbocycles. The number of carbonyl (C=O) groups is 3. The lowest BCUT2D eigenvalue weighted by molar-refractivity contribution is -0.160. The van der Waals surface area contributed by atoms with Crippen LogP contribution in [0.15, 0.2) is 30.3 Å². The standard InChI is InChI=1S/C19H27NO5/c1-13(20-17(23)25-18(2,3)4)15(21)19(5,6)16(22)24-12-14-10-8-7-9-11-14/h7-11,13H,12H2,1-6H3,(H,20,23). The van der Waals surface area contributed by atoms with Crippen molar-refractivity contribution in [3.8, 4) is 0 Å². The Kier molecular flexibility index (Phi) is 6.73. The molecule has 1 unspecified atom stereocenters. The lowest BCUT2D eigenvalue weighted by Crippen LogP contribution is -2.49. The average Bonchev–Trinajstić information content (AvgIpc) is 2.50. The molecule has 1 rings (SSSR count). The summed E-state index contributed by atoms with van der Waals surface area (Å²) < 4.78 is 10.4. The number of nitrogens with one attached hydrogen (secondary N) is 1. The summed E-state index contributed by atoms with van der Waals surface area (Å²) in [6.45, 7) is 9.74. The Morgan fingerprint density at radius 1 is 1.04 bits per heavy atom. The molecular weight excluding hydrogens is 322 g/mol. The zero-order valence-corrected chi connectivity index (χ0v) is 15.7. The summed E-state index contributed by atoms with van der Waals surface area (Å²) in [5.41, 5.74) is -1.22. The molecule has 6 heteroatoms. The highest BCUT2D eigenvalue weighted by atomic mass is 16.6. The van der Waals surface area contributed by atoms with E-state index in [9.17, 15) is 14.4 Å². The van der Waals surface area contributed by atoms with Crippen LogP contribution in [-0.2, 0) is 25.7 Å². The first-order chi connectivity index (χ1) is 11.4. The summed E-state index contributed by atoms with van der Waals surface area (Å²) in [5.74, 6) is -1.09. The van der Waals surface area contributed by atoms with Crippen molar-refractivity contribution in [1.29, 1.82) is 0 Å². The van der Waals surface area contributed by atoms with Crippen LogP contribution in [0.2, 0.25) is 0 Å². The minimum atomic E-state index is -1.39. The monoisotopic (exact) mass is 349 g/mol. The van der Waals surface area contributed by atoms with Gasteiger partial charge in [-0.15, -0.1) is 0 Å². The van der Waals surface area contributed by atoms with E-state index in [1.165, 1.54) is 20.8 Å². The van der Waals surface area contributed by atoms with E-state index in [-0.39, 0.29) is 6.61 Å². The largest absolute Gasteiger partial charge is 0.460 e. The van der Waals surface area contributed by atoms with Crippen LogP contribution in [0.25, 0.3) is 0 Å². The third kappa shape index (κ3) is 6.57. The summed E-state index contributed by atoms with van der Waals surface area (Å²) in [6, 6.07) is 8.32. The van der Waals surface area contributed by atoms with Crippen LogP contribution in [0.5, 0.6) is 0 Å². The summed E-state index contributed by atoms with van der Waals surface area (Å²) in [7, 11) is 0. The van der Waals surface area contributed by atoms with Gasteiger partial charge in [-0.25, -0.2) is 4.79 Å². The maximum Gasteiger partial charge on any atom is 0.408 e. The minimum absolute atomic E-state index is 0.0876. The van der Waals surface area contributed by atoms with E-state index in [2.05, 4.69) is 5.32 Å². The summed E-state index contributed by atoms with van der Waals surface area (Å²) >= 11 is 0. The number of amides is 1. The van der Waals surface area contributed by atoms with Crippen LogP contribution >= 0.6 is 0 Å². The molecule has 0 saturated carbocycles. The molecule has 0 aliphatic heterocycles. The molecule has 1 amide bonds. The van der Waals surface area contributed by atoms with Crippen molar-refractivity contribution in [3.63, 3.8) is 0 Å². The average molecular weight is 349 g/mol. The second kappa shape index (κ2) is 8.14. The van der Waals surface area contributed by atoms with Gasteiger partial charge < -0.3 is 14.8 Å². The van der Waals surface area contributed by atoms with Crippen molar-refractivity contribution in [1.82, 2.24) is 5.32 Å². The van der Waals surface area contributed by atoms with E-state index in [1.807, 2.05) is 30.3 Å². The number of hydrogen-bond acceptors (Lipinski definition) is 5. The van der Waals surface area contributed by atoms with E-state index in [0.29, 0.717) is 0 Å². The predicted molar refractivity (Wildman–Crippen MR) is 93.9 cm³/mol. The van der Waals surface area contributed by atoms with Crippen molar-refractivity contribution in [2.75, 3.05) is 0 Å². The van der Waals surface area contributed by atoms with Crippen molar-refractivity contribution in [2.45, 2.75) is 59.8 Å². The van der Waals surface area contributed by atoms with Gasteiger partial charge in [0.05, 0.1) is 6.04 Å². The molecule has 1 N–H and O–H groups in total. The number of ketones is 1. The molecule has 1 atom stereocenters. The second-order valence-electron chi connectivity index (χ2n) is 7.42. The molecule has 138 valence electrons. The number of Topliss-reactive ketones (excluding diaryl/α,β-unsaturated/α-hetero) is 1. The molecule has 0 heterocycles. The van der Waals surface area contributed by atoms with Crippen molar-refractivity contribution in [2.24, 2.45) is 5.41 Å². The zero-order valence-electron chi connectivity index (χ0n) is 15.7. The first kappa shape index (κ1) is 20.7. The van der Waals surface area contributed by atoms with Gasteiger partial charge in [-0.05, 0) is 47.1 Å². The molecule has 1 aromatic rings. The number of ether oxygens (including phenoxy) is 2. The molecule has 0 aromatic heterocycles. The fourth-order valence-corrected chi connectivity index (χ4v) is 2.10. The van der Waals surface area contributed by atoms with E-state index in [4.69, 9.17) is 9.47 Å². The SMILES string of the molecule is CC(NC(=O)OC(C)(C)C)C(=O)C(C)(C)C(=O)OCc1ccccc1. The second-order valence-corrected chi connectivity index (χ2v) is 7.42. The van der Waals surface area contributed by atoms with Gasteiger partial charge in [0.2, 0.25) is 0 Å². The van der Waals surface area contributed by atoms with Crippen LogP contribution < -0.4 is 5.32 Å². The molecule has 0 aliphatic carbocycles. The highest BCUT2D eigenvalue weighted by molar-refractivity contribution is 6.06. The van der Waals surface area contributed by atoms with Crippen LogP contribution in [0.4, 0.5) is 4.79 Å². The molecular formula is C19H27NO5. The number of esters is 1. The zero-order chi connectivity index (χ0) is 19.3. The number of rotatable bonds is 6. The van der Waals surface area contributed by atoms with Crippen molar-refractivity contribution >= 4 is 17.8 Å². The third-order valence-electron chi connectivity index (χ3n) is 3.47. The Hall–Kier alpha value is -2.37. The third-order valence-corrected chi connectivity index (χ3v) is 3.47. The van der Waals surface area contributed by atoms with E-state index >= 15 is 0 Å². The Morgan fingerprint density at radius 2 is 1.60 bits per heavy atom. The Morgan fingerprint density at radius 3 is 2.12 bits per heavy atom. The fourth-order valence-electron chi connectivity index (χ4n) is 2.10. The van der Waals surface area contributed by atoms with Crippen molar-refractivity contribution in [3.05, 3.63) is 35.9 Å². The lowest BCUT2D eigenvalue weighted by atomic mass is 9.84. The highest BCUT2D eigenvalue weighted by Crippen LogP contribution is 2.22.